The van der Waals surface area contributed by atoms with E-state index >= 15 is 0 Å². The number of hydrogen-bond donors (Lipinski definition) is 1. The fourth-order valence-electron chi connectivity index (χ4n) is 2.95. The van der Waals surface area contributed by atoms with Crippen molar-refractivity contribution in [2.24, 2.45) is 12.0 Å². The number of aromatic nitrogens is 2. The normalized spacial score (nSPS) is 14.8. The molecule has 0 amide bonds. The summed E-state index contributed by atoms with van der Waals surface area (Å²) >= 11 is 0. The second kappa shape index (κ2) is 8.74. The molecule has 0 saturated heterocycles. The van der Waals surface area contributed by atoms with Gasteiger partial charge in [-0.25, -0.2) is 4.99 Å². The number of benzene rings is 1. The largest absolute Gasteiger partial charge is 0.490 e. The van der Waals surface area contributed by atoms with Crippen LogP contribution in [0.3, 0.4) is 0 Å². The third-order valence-corrected chi connectivity index (χ3v) is 4.59. The molecule has 6 nitrogen and oxygen atoms in total. The summed E-state index contributed by atoms with van der Waals surface area (Å²) in [7, 11) is 3.98. The molecule has 1 N–H and O–H groups in total. The lowest BCUT2D eigenvalue weighted by molar-refractivity contribution is 0.119. The van der Waals surface area contributed by atoms with Crippen molar-refractivity contribution >= 4 is 5.96 Å². The minimum absolute atomic E-state index is 0.377. The molecule has 1 aliphatic carbocycles. The second-order valence-corrected chi connectivity index (χ2v) is 6.83. The Balaban J connectivity index is 1.68. The highest BCUT2D eigenvalue weighted by Gasteiger charge is 2.20. The third-order valence-electron chi connectivity index (χ3n) is 4.59. The van der Waals surface area contributed by atoms with E-state index in [1.807, 2.05) is 43.3 Å². The minimum Gasteiger partial charge on any atom is -0.490 e. The molecule has 1 heterocycles. The van der Waals surface area contributed by atoms with E-state index in [0.29, 0.717) is 12.6 Å². The Morgan fingerprint density at radius 2 is 2.19 bits per heavy atom. The van der Waals surface area contributed by atoms with E-state index in [1.165, 1.54) is 6.42 Å². The number of aryl methyl sites for hydroxylation is 1. The van der Waals surface area contributed by atoms with Crippen LogP contribution in [0.2, 0.25) is 0 Å². The van der Waals surface area contributed by atoms with Gasteiger partial charge in [-0.15, -0.1) is 0 Å². The SMILES string of the molecule is CCNC(=NCc1ccccc1OC1CCC1)N(C)Cc1cnn(C)c1. The average molecular weight is 355 g/mol. The average Bonchev–Trinajstić information content (AvgIpc) is 3.00. The molecule has 140 valence electrons. The number of guanidine groups is 1. The summed E-state index contributed by atoms with van der Waals surface area (Å²) in [4.78, 5) is 6.94. The van der Waals surface area contributed by atoms with Crippen LogP contribution in [0, 0.1) is 0 Å². The van der Waals surface area contributed by atoms with Gasteiger partial charge in [0.1, 0.15) is 5.75 Å². The Hall–Kier alpha value is -2.50. The number of hydrogen-bond acceptors (Lipinski definition) is 3. The van der Waals surface area contributed by atoms with Crippen molar-refractivity contribution in [2.75, 3.05) is 13.6 Å². The smallest absolute Gasteiger partial charge is 0.194 e. The Morgan fingerprint density at radius 1 is 1.38 bits per heavy atom. The standard InChI is InChI=1S/C20H29N5O/c1-4-21-20(24(2)14-16-12-23-25(3)15-16)22-13-17-8-5-6-11-19(17)26-18-9-7-10-18/h5-6,8,11-12,15,18H,4,7,9-10,13-14H2,1-3H3,(H,21,22). The van der Waals surface area contributed by atoms with Crippen LogP contribution in [0.4, 0.5) is 0 Å². The first-order valence-electron chi connectivity index (χ1n) is 9.37. The van der Waals surface area contributed by atoms with Gasteiger partial charge in [0.25, 0.3) is 0 Å². The van der Waals surface area contributed by atoms with Gasteiger partial charge in [-0.3, -0.25) is 4.68 Å². The van der Waals surface area contributed by atoms with E-state index in [0.717, 1.165) is 48.8 Å². The monoisotopic (exact) mass is 355 g/mol. The Labute approximate surface area is 155 Å². The van der Waals surface area contributed by atoms with Crippen LogP contribution in [0.5, 0.6) is 5.75 Å². The van der Waals surface area contributed by atoms with Crippen molar-refractivity contribution in [3.8, 4) is 5.75 Å². The van der Waals surface area contributed by atoms with Gasteiger partial charge in [0.15, 0.2) is 5.96 Å². The number of nitrogens with zero attached hydrogens (tertiary/aromatic N) is 4. The zero-order chi connectivity index (χ0) is 18.4. The lowest BCUT2D eigenvalue weighted by atomic mass is 9.96. The Kier molecular flexibility index (Phi) is 6.15. The summed E-state index contributed by atoms with van der Waals surface area (Å²) in [6, 6.07) is 8.23. The fraction of sp³-hybridized carbons (Fsp3) is 0.500. The highest BCUT2D eigenvalue weighted by atomic mass is 16.5. The fourth-order valence-corrected chi connectivity index (χ4v) is 2.95. The summed E-state index contributed by atoms with van der Waals surface area (Å²) in [6.07, 6.45) is 7.89. The molecule has 0 radical (unpaired) electrons. The molecule has 0 spiro atoms. The highest BCUT2D eigenvalue weighted by Crippen LogP contribution is 2.27. The summed E-state index contributed by atoms with van der Waals surface area (Å²) in [5.74, 6) is 1.85. The number of ether oxygens (including phenoxy) is 1. The molecule has 6 heteroatoms. The van der Waals surface area contributed by atoms with Gasteiger partial charge >= 0.3 is 0 Å². The van der Waals surface area contributed by atoms with Crippen LogP contribution in [-0.4, -0.2) is 40.3 Å². The van der Waals surface area contributed by atoms with Crippen molar-refractivity contribution in [1.29, 1.82) is 0 Å². The zero-order valence-corrected chi connectivity index (χ0v) is 16.0. The van der Waals surface area contributed by atoms with E-state index in [4.69, 9.17) is 9.73 Å². The molecule has 1 aliphatic rings. The van der Waals surface area contributed by atoms with E-state index in [9.17, 15) is 0 Å². The molecule has 0 aliphatic heterocycles. The number of aliphatic imine (C=N–C) groups is 1. The lowest BCUT2D eigenvalue weighted by Gasteiger charge is -2.27. The molecule has 1 saturated carbocycles. The van der Waals surface area contributed by atoms with Crippen LogP contribution < -0.4 is 10.1 Å². The highest BCUT2D eigenvalue weighted by molar-refractivity contribution is 5.79. The van der Waals surface area contributed by atoms with E-state index in [1.54, 1.807) is 0 Å². The predicted molar refractivity (Wildman–Crippen MR) is 104 cm³/mol. The molecule has 1 aromatic carbocycles. The van der Waals surface area contributed by atoms with Crippen LogP contribution in [0.1, 0.15) is 37.3 Å². The molecular formula is C20H29N5O. The topological polar surface area (TPSA) is 54.7 Å². The summed E-state index contributed by atoms with van der Waals surface area (Å²) in [5.41, 5.74) is 2.29. The van der Waals surface area contributed by atoms with E-state index in [-0.39, 0.29) is 0 Å². The van der Waals surface area contributed by atoms with Gasteiger partial charge in [-0.2, -0.15) is 5.10 Å². The van der Waals surface area contributed by atoms with Crippen molar-refractivity contribution in [3.05, 3.63) is 47.8 Å². The molecule has 2 aromatic rings. The van der Waals surface area contributed by atoms with Crippen LogP contribution in [0.25, 0.3) is 0 Å². The van der Waals surface area contributed by atoms with Gasteiger partial charge < -0.3 is 15.0 Å². The summed E-state index contributed by atoms with van der Waals surface area (Å²) < 4.78 is 7.94. The first kappa shape index (κ1) is 18.3. The maximum Gasteiger partial charge on any atom is 0.194 e. The molecule has 3 rings (SSSR count). The number of nitrogens with one attached hydrogen (secondary N) is 1. The Morgan fingerprint density at radius 3 is 2.85 bits per heavy atom. The van der Waals surface area contributed by atoms with Crippen LogP contribution in [0.15, 0.2) is 41.7 Å². The number of para-hydroxylation sites is 1. The zero-order valence-electron chi connectivity index (χ0n) is 16.0. The molecule has 0 atom stereocenters. The molecule has 1 aromatic heterocycles. The van der Waals surface area contributed by atoms with E-state index in [2.05, 4.69) is 34.4 Å². The van der Waals surface area contributed by atoms with E-state index < -0.39 is 0 Å². The van der Waals surface area contributed by atoms with Gasteiger partial charge in [0.05, 0.1) is 18.8 Å². The second-order valence-electron chi connectivity index (χ2n) is 6.83. The maximum atomic E-state index is 6.12. The van der Waals surface area contributed by atoms with Crippen molar-refractivity contribution in [3.63, 3.8) is 0 Å². The van der Waals surface area contributed by atoms with Crippen molar-refractivity contribution in [1.82, 2.24) is 20.0 Å². The number of rotatable bonds is 7. The van der Waals surface area contributed by atoms with Gasteiger partial charge in [0, 0.05) is 44.5 Å². The first-order chi connectivity index (χ1) is 12.7. The molecule has 1 fully saturated rings. The lowest BCUT2D eigenvalue weighted by Crippen LogP contribution is -2.38. The molecule has 0 bridgehead atoms. The molecule has 0 unspecified atom stereocenters. The molecular weight excluding hydrogens is 326 g/mol. The van der Waals surface area contributed by atoms with Crippen LogP contribution in [-0.2, 0) is 20.1 Å². The van der Waals surface area contributed by atoms with Crippen molar-refractivity contribution in [2.45, 2.75) is 45.4 Å². The third kappa shape index (κ3) is 4.77. The summed E-state index contributed by atoms with van der Waals surface area (Å²) in [6.45, 7) is 4.28. The van der Waals surface area contributed by atoms with Gasteiger partial charge in [-0.1, -0.05) is 18.2 Å². The predicted octanol–water partition coefficient (Wildman–Crippen LogP) is 2.95. The minimum atomic E-state index is 0.377. The van der Waals surface area contributed by atoms with Crippen LogP contribution >= 0.6 is 0 Å². The Bertz CT molecular complexity index is 735. The van der Waals surface area contributed by atoms with Crippen molar-refractivity contribution < 1.29 is 4.74 Å². The van der Waals surface area contributed by atoms with Gasteiger partial charge in [-0.05, 0) is 32.3 Å². The quantitative estimate of drug-likeness (QED) is 0.613. The molecule has 26 heavy (non-hydrogen) atoms. The summed E-state index contributed by atoms with van der Waals surface area (Å²) in [5, 5.41) is 7.60. The first-order valence-corrected chi connectivity index (χ1v) is 9.37. The maximum absolute atomic E-state index is 6.12. The van der Waals surface area contributed by atoms with Gasteiger partial charge in [0.2, 0.25) is 0 Å².